The van der Waals surface area contributed by atoms with Gasteiger partial charge in [-0.25, -0.2) is 9.69 Å². The predicted molar refractivity (Wildman–Crippen MR) is 159 cm³/mol. The lowest BCUT2D eigenvalue weighted by Crippen LogP contribution is -2.38. The number of nitrogens with zero attached hydrogens (tertiary/aromatic N) is 1. The molecule has 1 saturated heterocycles. The topological polar surface area (TPSA) is 126 Å². The van der Waals surface area contributed by atoms with Gasteiger partial charge in [0.2, 0.25) is 5.91 Å². The molecule has 0 radical (unpaired) electrons. The molecule has 4 rings (SSSR count). The van der Waals surface area contributed by atoms with E-state index in [-0.39, 0.29) is 18.2 Å². The number of hydrogen-bond donors (Lipinski definition) is 3. The van der Waals surface area contributed by atoms with Gasteiger partial charge < -0.3 is 25.4 Å². The van der Waals surface area contributed by atoms with Crippen molar-refractivity contribution in [3.63, 3.8) is 0 Å². The molecule has 0 atom stereocenters. The molecule has 11 heteroatoms. The summed E-state index contributed by atoms with van der Waals surface area (Å²) in [5.74, 6) is -0.818. The molecule has 3 N–H and O–H groups in total. The molecule has 1 aliphatic rings. The monoisotopic (exact) mass is 620 g/mol. The van der Waals surface area contributed by atoms with E-state index in [1.54, 1.807) is 43.3 Å². The van der Waals surface area contributed by atoms with Gasteiger partial charge in [-0.15, -0.1) is 0 Å². The Hall–Kier alpha value is -4.64. The van der Waals surface area contributed by atoms with Gasteiger partial charge in [0.05, 0.1) is 6.61 Å². The van der Waals surface area contributed by atoms with Crippen molar-refractivity contribution in [2.24, 2.45) is 0 Å². The van der Waals surface area contributed by atoms with Crippen LogP contribution in [-0.2, 0) is 20.8 Å². The summed E-state index contributed by atoms with van der Waals surface area (Å²) < 4.78 is 11.9. The zero-order valence-corrected chi connectivity index (χ0v) is 24.1. The number of benzene rings is 3. The van der Waals surface area contributed by atoms with Crippen molar-refractivity contribution < 1.29 is 28.7 Å². The number of hydrogen-bond acceptors (Lipinski definition) is 6. The average Bonchev–Trinajstić information content (AvgIpc) is 3.22. The van der Waals surface area contributed by atoms with Crippen LogP contribution in [-0.4, -0.2) is 48.4 Å². The van der Waals surface area contributed by atoms with Crippen LogP contribution < -0.4 is 25.4 Å². The first-order valence-corrected chi connectivity index (χ1v) is 13.7. The second kappa shape index (κ2) is 13.6. The number of imide groups is 1. The number of amides is 5. The summed E-state index contributed by atoms with van der Waals surface area (Å²) in [4.78, 5) is 51.4. The highest BCUT2D eigenvalue weighted by Gasteiger charge is 2.35. The number of anilines is 2. The maximum Gasteiger partial charge on any atom is 0.329 e. The number of para-hydroxylation sites is 2. The summed E-state index contributed by atoms with van der Waals surface area (Å²) in [5, 5.41) is 8.04. The second-order valence-electron chi connectivity index (χ2n) is 8.89. The van der Waals surface area contributed by atoms with Crippen molar-refractivity contribution in [3.05, 3.63) is 88.0 Å². The van der Waals surface area contributed by atoms with Crippen LogP contribution in [0.15, 0.2) is 76.9 Å². The third-order valence-electron chi connectivity index (χ3n) is 6.02. The number of carbonyl (C=O) groups is 4. The number of aryl methyl sites for hydroxylation is 1. The third-order valence-corrected chi connectivity index (χ3v) is 6.70. The maximum atomic E-state index is 13.0. The summed E-state index contributed by atoms with van der Waals surface area (Å²) >= 11 is 3.46. The van der Waals surface area contributed by atoms with Crippen molar-refractivity contribution in [1.82, 2.24) is 10.2 Å². The van der Waals surface area contributed by atoms with Crippen LogP contribution in [0.1, 0.15) is 25.0 Å². The normalized spacial score (nSPS) is 13.6. The molecule has 1 fully saturated rings. The van der Waals surface area contributed by atoms with Gasteiger partial charge in [0.1, 0.15) is 12.2 Å². The molecule has 1 aliphatic heterocycles. The van der Waals surface area contributed by atoms with Crippen LogP contribution in [0.2, 0.25) is 0 Å². The minimum atomic E-state index is -0.703. The van der Waals surface area contributed by atoms with Gasteiger partial charge in [-0.3, -0.25) is 14.4 Å². The van der Waals surface area contributed by atoms with Crippen LogP contribution in [0.25, 0.3) is 6.08 Å². The molecule has 3 aromatic carbocycles. The minimum absolute atomic E-state index is 0.00388. The molecule has 212 valence electrons. The van der Waals surface area contributed by atoms with E-state index in [0.29, 0.717) is 39.5 Å². The van der Waals surface area contributed by atoms with Crippen LogP contribution in [0, 0.1) is 0 Å². The van der Waals surface area contributed by atoms with Gasteiger partial charge >= 0.3 is 6.03 Å². The largest absolute Gasteiger partial charge is 0.490 e. The Morgan fingerprint density at radius 3 is 2.37 bits per heavy atom. The van der Waals surface area contributed by atoms with Crippen molar-refractivity contribution in [3.8, 4) is 11.5 Å². The second-order valence-corrected chi connectivity index (χ2v) is 9.75. The molecule has 0 spiro atoms. The Kier molecular flexibility index (Phi) is 9.75. The highest BCUT2D eigenvalue weighted by atomic mass is 79.9. The van der Waals surface area contributed by atoms with Crippen LogP contribution in [0.5, 0.6) is 11.5 Å². The first-order valence-electron chi connectivity index (χ1n) is 12.9. The molecule has 0 aliphatic carbocycles. The smallest absolute Gasteiger partial charge is 0.329 e. The fourth-order valence-corrected chi connectivity index (χ4v) is 4.50. The van der Waals surface area contributed by atoms with Crippen molar-refractivity contribution in [1.29, 1.82) is 0 Å². The number of halogens is 1. The Morgan fingerprint density at radius 1 is 0.927 bits per heavy atom. The zero-order chi connectivity index (χ0) is 29.4. The number of nitrogens with one attached hydrogen (secondary N) is 3. The molecule has 1 heterocycles. The number of ether oxygens (including phenoxy) is 2. The Labute approximate surface area is 245 Å². The molecule has 0 aromatic heterocycles. The Bertz CT molecular complexity index is 1490. The summed E-state index contributed by atoms with van der Waals surface area (Å²) in [6.45, 7) is 3.40. The summed E-state index contributed by atoms with van der Waals surface area (Å²) in [6.07, 6.45) is 2.19. The third kappa shape index (κ3) is 7.52. The van der Waals surface area contributed by atoms with E-state index < -0.39 is 24.4 Å². The predicted octanol–water partition coefficient (Wildman–Crippen LogP) is 4.96. The molecule has 0 bridgehead atoms. The molecule has 5 amide bonds. The van der Waals surface area contributed by atoms with E-state index in [0.717, 1.165) is 16.9 Å². The van der Waals surface area contributed by atoms with Crippen molar-refractivity contribution in [2.75, 3.05) is 30.4 Å². The first-order chi connectivity index (χ1) is 19.8. The molecule has 41 heavy (non-hydrogen) atoms. The summed E-state index contributed by atoms with van der Waals surface area (Å²) in [6, 6.07) is 18.9. The zero-order valence-electron chi connectivity index (χ0n) is 22.5. The van der Waals surface area contributed by atoms with E-state index in [9.17, 15) is 19.2 Å². The lowest BCUT2D eigenvalue weighted by atomic mass is 10.1. The lowest BCUT2D eigenvalue weighted by Gasteiger charge is -2.14. The summed E-state index contributed by atoms with van der Waals surface area (Å²) in [5.41, 5.74) is 2.74. The lowest BCUT2D eigenvalue weighted by molar-refractivity contribution is -0.127. The fraction of sp³-hybridized carbons (Fsp3) is 0.200. The average molecular weight is 621 g/mol. The summed E-state index contributed by atoms with van der Waals surface area (Å²) in [7, 11) is 0. The van der Waals surface area contributed by atoms with E-state index in [4.69, 9.17) is 9.47 Å². The van der Waals surface area contributed by atoms with Gasteiger partial charge in [0, 0.05) is 15.8 Å². The number of rotatable bonds is 11. The molecule has 0 saturated carbocycles. The van der Waals surface area contributed by atoms with Gasteiger partial charge in [-0.2, -0.15) is 0 Å². The fourth-order valence-electron chi connectivity index (χ4n) is 4.06. The van der Waals surface area contributed by atoms with Gasteiger partial charge in [-0.1, -0.05) is 59.3 Å². The van der Waals surface area contributed by atoms with Crippen LogP contribution in [0.3, 0.4) is 0 Å². The Morgan fingerprint density at radius 2 is 1.63 bits per heavy atom. The molecule has 0 unspecified atom stereocenters. The molecular weight excluding hydrogens is 592 g/mol. The quantitative estimate of drug-likeness (QED) is 0.205. The van der Waals surface area contributed by atoms with E-state index >= 15 is 0 Å². The standard InChI is InChI=1S/C30H29BrN4O6/c1-3-19-10-8-9-13-23(19)33-27(36)17-35-29(38)24(34-30(35)39)14-20-15-25(40-4-2)26(16-22(20)31)41-18-28(37)32-21-11-6-5-7-12-21/h5-16H,3-4,17-18H2,1-2H3,(H,32,37)(H,33,36)(H,34,39)/b24-14+. The van der Waals surface area contributed by atoms with Gasteiger partial charge in [0.15, 0.2) is 18.1 Å². The van der Waals surface area contributed by atoms with Gasteiger partial charge in [0.25, 0.3) is 11.8 Å². The highest BCUT2D eigenvalue weighted by molar-refractivity contribution is 9.10. The van der Waals surface area contributed by atoms with Crippen molar-refractivity contribution in [2.45, 2.75) is 20.3 Å². The molecular formula is C30H29BrN4O6. The number of carbonyl (C=O) groups excluding carboxylic acids is 4. The van der Waals surface area contributed by atoms with Gasteiger partial charge in [-0.05, 0) is 60.9 Å². The van der Waals surface area contributed by atoms with Crippen molar-refractivity contribution >= 4 is 57.1 Å². The highest BCUT2D eigenvalue weighted by Crippen LogP contribution is 2.35. The van der Waals surface area contributed by atoms with Crippen LogP contribution >= 0.6 is 15.9 Å². The maximum absolute atomic E-state index is 13.0. The number of urea groups is 1. The van der Waals surface area contributed by atoms with E-state index in [1.165, 1.54) is 6.08 Å². The molecule has 3 aromatic rings. The Balaban J connectivity index is 1.45. The minimum Gasteiger partial charge on any atom is -0.490 e. The van der Waals surface area contributed by atoms with E-state index in [2.05, 4.69) is 31.9 Å². The first kappa shape index (κ1) is 29.3. The molecule has 10 nitrogen and oxygen atoms in total. The van der Waals surface area contributed by atoms with Crippen LogP contribution in [0.4, 0.5) is 16.2 Å². The van der Waals surface area contributed by atoms with E-state index in [1.807, 2.05) is 37.3 Å². The SMILES string of the molecule is CCOc1cc(/C=C2/NC(=O)N(CC(=O)Nc3ccccc3CC)C2=O)c(Br)cc1OCC(=O)Nc1ccccc1.